The zero-order valence-corrected chi connectivity index (χ0v) is 19.2. The summed E-state index contributed by atoms with van der Waals surface area (Å²) >= 11 is 0. The minimum Gasteiger partial charge on any atom is -0.480 e. The molecular formula is C26H32N2O5. The van der Waals surface area contributed by atoms with Crippen LogP contribution in [0.5, 0.6) is 0 Å². The van der Waals surface area contributed by atoms with Gasteiger partial charge in [0.15, 0.2) is 0 Å². The van der Waals surface area contributed by atoms with E-state index in [2.05, 4.69) is 34.9 Å². The topological polar surface area (TPSA) is 105 Å². The third-order valence-corrected chi connectivity index (χ3v) is 6.09. The summed E-state index contributed by atoms with van der Waals surface area (Å²) in [5.74, 6) is -1.38. The van der Waals surface area contributed by atoms with Crippen LogP contribution in [0.2, 0.25) is 0 Å². The van der Waals surface area contributed by atoms with Crippen LogP contribution in [0.25, 0.3) is 11.1 Å². The van der Waals surface area contributed by atoms with Crippen molar-refractivity contribution in [2.75, 3.05) is 6.61 Å². The molecule has 7 heteroatoms. The minimum atomic E-state index is -1.03. The number of carboxylic acid groups (broad SMARTS) is 1. The van der Waals surface area contributed by atoms with E-state index in [1.807, 2.05) is 38.1 Å². The molecule has 1 aliphatic carbocycles. The zero-order chi connectivity index (χ0) is 23.8. The number of amides is 2. The Kier molecular flexibility index (Phi) is 8.46. The minimum absolute atomic E-state index is 0.0134. The summed E-state index contributed by atoms with van der Waals surface area (Å²) < 4.78 is 5.58. The highest BCUT2D eigenvalue weighted by molar-refractivity contribution is 5.83. The summed E-state index contributed by atoms with van der Waals surface area (Å²) in [6.07, 6.45) is 1.71. The molecule has 0 saturated heterocycles. The Bertz CT molecular complexity index is 945. The molecule has 3 rings (SSSR count). The molecule has 0 aromatic heterocycles. The lowest BCUT2D eigenvalue weighted by atomic mass is 9.98. The van der Waals surface area contributed by atoms with Crippen molar-refractivity contribution in [2.45, 2.75) is 64.0 Å². The molecule has 2 aromatic rings. The maximum atomic E-state index is 12.5. The van der Waals surface area contributed by atoms with Crippen molar-refractivity contribution in [1.82, 2.24) is 10.6 Å². The molecule has 2 aromatic carbocycles. The number of hydrogen-bond acceptors (Lipinski definition) is 4. The van der Waals surface area contributed by atoms with Crippen LogP contribution in [-0.2, 0) is 14.3 Å². The molecule has 3 N–H and O–H groups in total. The molecule has 0 bridgehead atoms. The van der Waals surface area contributed by atoms with Gasteiger partial charge >= 0.3 is 12.1 Å². The van der Waals surface area contributed by atoms with Crippen LogP contribution in [-0.4, -0.2) is 41.8 Å². The predicted molar refractivity (Wildman–Crippen MR) is 126 cm³/mol. The Morgan fingerprint density at radius 2 is 1.55 bits per heavy atom. The summed E-state index contributed by atoms with van der Waals surface area (Å²) in [7, 11) is 0. The average Bonchev–Trinajstić information content (AvgIpc) is 3.13. The smallest absolute Gasteiger partial charge is 0.407 e. The summed E-state index contributed by atoms with van der Waals surface area (Å²) in [5, 5.41) is 14.6. The molecule has 0 spiro atoms. The summed E-state index contributed by atoms with van der Waals surface area (Å²) in [4.78, 5) is 35.8. The van der Waals surface area contributed by atoms with Crippen molar-refractivity contribution < 1.29 is 24.2 Å². The van der Waals surface area contributed by atoms with E-state index in [1.165, 1.54) is 11.1 Å². The SMILES string of the molecule is CCC[C@H](NC(=O)CCC(CC)NC(=O)OCC1c2ccccc2-c2ccccc21)C(=O)O. The summed E-state index contributed by atoms with van der Waals surface area (Å²) in [5.41, 5.74) is 4.63. The van der Waals surface area contributed by atoms with E-state index in [0.29, 0.717) is 25.7 Å². The predicted octanol–water partition coefficient (Wildman–Crippen LogP) is 4.45. The van der Waals surface area contributed by atoms with Gasteiger partial charge in [-0.2, -0.15) is 0 Å². The number of carbonyl (C=O) groups is 3. The molecule has 1 aliphatic rings. The van der Waals surface area contributed by atoms with E-state index in [1.54, 1.807) is 0 Å². The number of aliphatic carboxylic acids is 1. The molecule has 2 amide bonds. The average molecular weight is 453 g/mol. The molecule has 7 nitrogen and oxygen atoms in total. The Morgan fingerprint density at radius 3 is 2.09 bits per heavy atom. The lowest BCUT2D eigenvalue weighted by molar-refractivity contribution is -0.142. The molecule has 0 saturated carbocycles. The van der Waals surface area contributed by atoms with Gasteiger partial charge in [-0.1, -0.05) is 68.8 Å². The highest BCUT2D eigenvalue weighted by atomic mass is 16.5. The van der Waals surface area contributed by atoms with Crippen LogP contribution < -0.4 is 10.6 Å². The Balaban J connectivity index is 1.51. The Labute approximate surface area is 194 Å². The van der Waals surface area contributed by atoms with Gasteiger partial charge in [-0.25, -0.2) is 9.59 Å². The zero-order valence-electron chi connectivity index (χ0n) is 19.2. The Hall–Kier alpha value is -3.35. The van der Waals surface area contributed by atoms with Gasteiger partial charge in [-0.15, -0.1) is 0 Å². The van der Waals surface area contributed by atoms with Gasteiger partial charge in [-0.05, 0) is 41.5 Å². The molecule has 0 heterocycles. The van der Waals surface area contributed by atoms with Gasteiger partial charge in [0.05, 0.1) is 0 Å². The van der Waals surface area contributed by atoms with E-state index in [0.717, 1.165) is 11.1 Å². The number of hydrogen-bond donors (Lipinski definition) is 3. The van der Waals surface area contributed by atoms with E-state index in [-0.39, 0.29) is 30.9 Å². The van der Waals surface area contributed by atoms with Gasteiger partial charge in [0.1, 0.15) is 12.6 Å². The monoisotopic (exact) mass is 452 g/mol. The number of rotatable bonds is 11. The third-order valence-electron chi connectivity index (χ3n) is 6.09. The molecular weight excluding hydrogens is 420 g/mol. The third kappa shape index (κ3) is 6.12. The molecule has 0 radical (unpaired) electrons. The van der Waals surface area contributed by atoms with Crippen molar-refractivity contribution in [3.8, 4) is 11.1 Å². The number of benzene rings is 2. The van der Waals surface area contributed by atoms with E-state index in [9.17, 15) is 19.5 Å². The van der Waals surface area contributed by atoms with Crippen molar-refractivity contribution in [2.24, 2.45) is 0 Å². The second-order valence-corrected chi connectivity index (χ2v) is 8.36. The number of ether oxygens (including phenoxy) is 1. The second-order valence-electron chi connectivity index (χ2n) is 8.36. The second kappa shape index (κ2) is 11.5. The summed E-state index contributed by atoms with van der Waals surface area (Å²) in [6.45, 7) is 4.02. The van der Waals surface area contributed by atoms with Crippen LogP contribution in [0.15, 0.2) is 48.5 Å². The van der Waals surface area contributed by atoms with Crippen molar-refractivity contribution in [1.29, 1.82) is 0 Å². The molecule has 0 fully saturated rings. The molecule has 33 heavy (non-hydrogen) atoms. The van der Waals surface area contributed by atoms with Crippen molar-refractivity contribution in [3.63, 3.8) is 0 Å². The highest BCUT2D eigenvalue weighted by Gasteiger charge is 2.29. The number of alkyl carbamates (subject to hydrolysis) is 1. The fourth-order valence-electron chi connectivity index (χ4n) is 4.30. The number of nitrogens with one attached hydrogen (secondary N) is 2. The highest BCUT2D eigenvalue weighted by Crippen LogP contribution is 2.44. The fourth-order valence-corrected chi connectivity index (χ4v) is 4.30. The van der Waals surface area contributed by atoms with Crippen LogP contribution in [0.1, 0.15) is 63.0 Å². The Morgan fingerprint density at radius 1 is 0.939 bits per heavy atom. The molecule has 1 unspecified atom stereocenters. The van der Waals surface area contributed by atoms with Gasteiger partial charge < -0.3 is 20.5 Å². The van der Waals surface area contributed by atoms with Crippen LogP contribution in [0, 0.1) is 0 Å². The van der Waals surface area contributed by atoms with Gasteiger partial charge in [-0.3, -0.25) is 4.79 Å². The summed E-state index contributed by atoms with van der Waals surface area (Å²) in [6, 6.07) is 15.2. The van der Waals surface area contributed by atoms with Gasteiger partial charge in [0, 0.05) is 18.4 Å². The first-order valence-corrected chi connectivity index (χ1v) is 11.6. The van der Waals surface area contributed by atoms with E-state index in [4.69, 9.17) is 4.74 Å². The first kappa shape index (κ1) is 24.3. The van der Waals surface area contributed by atoms with Gasteiger partial charge in [0.2, 0.25) is 5.91 Å². The van der Waals surface area contributed by atoms with E-state index < -0.39 is 18.1 Å². The maximum Gasteiger partial charge on any atom is 0.407 e. The largest absolute Gasteiger partial charge is 0.480 e. The standard InChI is InChI=1S/C26H32N2O5/c1-3-9-23(25(30)31)28-24(29)15-14-17(4-2)27-26(32)33-16-22-20-12-7-5-10-18(20)19-11-6-8-13-21(19)22/h5-8,10-13,17,22-23H,3-4,9,14-16H2,1-2H3,(H,27,32)(H,28,29)(H,30,31)/t17?,23-/m0/s1. The first-order chi connectivity index (χ1) is 15.9. The fraction of sp³-hybridized carbons (Fsp3) is 0.423. The van der Waals surface area contributed by atoms with Crippen molar-refractivity contribution in [3.05, 3.63) is 59.7 Å². The lowest BCUT2D eigenvalue weighted by Gasteiger charge is -2.19. The van der Waals surface area contributed by atoms with Crippen LogP contribution >= 0.6 is 0 Å². The van der Waals surface area contributed by atoms with Crippen molar-refractivity contribution >= 4 is 18.0 Å². The number of carboxylic acids is 1. The normalized spacial score (nSPS) is 14.0. The maximum absolute atomic E-state index is 12.5. The van der Waals surface area contributed by atoms with Gasteiger partial charge in [0.25, 0.3) is 0 Å². The molecule has 176 valence electrons. The number of carbonyl (C=O) groups excluding carboxylic acids is 2. The molecule has 2 atom stereocenters. The van der Waals surface area contributed by atoms with Crippen LogP contribution in [0.4, 0.5) is 4.79 Å². The van der Waals surface area contributed by atoms with E-state index >= 15 is 0 Å². The quantitative estimate of drug-likeness (QED) is 0.467. The first-order valence-electron chi connectivity index (χ1n) is 11.6. The lowest BCUT2D eigenvalue weighted by Crippen LogP contribution is -2.41. The van der Waals surface area contributed by atoms with Crippen LogP contribution in [0.3, 0.4) is 0 Å². The number of fused-ring (bicyclic) bond motifs is 3. The molecule has 0 aliphatic heterocycles.